The van der Waals surface area contributed by atoms with Gasteiger partial charge in [-0.15, -0.1) is 0 Å². The van der Waals surface area contributed by atoms with Gasteiger partial charge in [-0.3, -0.25) is 0 Å². The monoisotopic (exact) mass is 483 g/mol. The van der Waals surface area contributed by atoms with Crippen molar-refractivity contribution in [2.24, 2.45) is 0 Å². The average molecular weight is 486 g/mol. The van der Waals surface area contributed by atoms with Gasteiger partial charge in [0.05, 0.1) is 17.1 Å². The summed E-state index contributed by atoms with van der Waals surface area (Å²) in [4.78, 5) is 11.1. The summed E-state index contributed by atoms with van der Waals surface area (Å²) in [6.45, 7) is 0.425. The summed E-state index contributed by atoms with van der Waals surface area (Å²) in [5.41, 5.74) is 1.67. The van der Waals surface area contributed by atoms with E-state index in [1.807, 2.05) is 30.3 Å². The summed E-state index contributed by atoms with van der Waals surface area (Å²) >= 11 is 12.8. The second-order valence-corrected chi connectivity index (χ2v) is 7.42. The Labute approximate surface area is 166 Å². The van der Waals surface area contributed by atoms with E-state index >= 15 is 0 Å². The molecule has 3 rings (SSSR count). The van der Waals surface area contributed by atoms with Crippen molar-refractivity contribution in [3.8, 4) is 11.3 Å². The number of nitrogens with one attached hydrogen (secondary N) is 1. The zero-order chi connectivity index (χ0) is 18.0. The Morgan fingerprint density at radius 1 is 1.12 bits per heavy atom. The van der Waals surface area contributed by atoms with Crippen LogP contribution in [0.25, 0.3) is 11.3 Å². The summed E-state index contributed by atoms with van der Waals surface area (Å²) in [7, 11) is 0. The third-order valence-electron chi connectivity index (χ3n) is 3.52. The summed E-state index contributed by atoms with van der Waals surface area (Å²) in [5.74, 6) is 0.421. The van der Waals surface area contributed by atoms with Gasteiger partial charge in [-0.05, 0) is 64.5 Å². The molecule has 0 unspecified atom stereocenters. The summed E-state index contributed by atoms with van der Waals surface area (Å²) < 4.78 is 7.77. The molecular formula is C18H12Br2ClNO3. The Balaban J connectivity index is 1.74. The first-order valence-corrected chi connectivity index (χ1v) is 9.21. The fourth-order valence-electron chi connectivity index (χ4n) is 2.30. The lowest BCUT2D eigenvalue weighted by atomic mass is 10.2. The third-order valence-corrected chi connectivity index (χ3v) is 5.00. The van der Waals surface area contributed by atoms with E-state index in [-0.39, 0.29) is 10.6 Å². The number of aromatic carboxylic acids is 1. The SMILES string of the molecule is O=C(O)c1cc(NCc2ccc(-c3ccc(Br)cc3Br)o2)ccc1Cl. The first-order valence-electron chi connectivity index (χ1n) is 7.25. The number of hydrogen-bond donors (Lipinski definition) is 2. The number of anilines is 1. The third kappa shape index (κ3) is 4.26. The highest BCUT2D eigenvalue weighted by molar-refractivity contribution is 9.11. The minimum absolute atomic E-state index is 0.0607. The Morgan fingerprint density at radius 3 is 2.64 bits per heavy atom. The second kappa shape index (κ2) is 7.64. The number of rotatable bonds is 5. The van der Waals surface area contributed by atoms with Crippen molar-refractivity contribution in [3.05, 3.63) is 73.8 Å². The van der Waals surface area contributed by atoms with Gasteiger partial charge in [0.15, 0.2) is 0 Å². The van der Waals surface area contributed by atoms with E-state index in [0.29, 0.717) is 12.2 Å². The Kier molecular flexibility index (Phi) is 5.51. The Morgan fingerprint density at radius 2 is 1.92 bits per heavy atom. The predicted octanol–water partition coefficient (Wildman–Crippen LogP) is 6.44. The van der Waals surface area contributed by atoms with Crippen LogP contribution in [-0.4, -0.2) is 11.1 Å². The van der Waals surface area contributed by atoms with Gasteiger partial charge in [0.2, 0.25) is 0 Å². The zero-order valence-electron chi connectivity index (χ0n) is 12.7. The van der Waals surface area contributed by atoms with E-state index < -0.39 is 5.97 Å². The van der Waals surface area contributed by atoms with Gasteiger partial charge in [-0.1, -0.05) is 27.5 Å². The number of furan rings is 1. The maximum atomic E-state index is 11.1. The lowest BCUT2D eigenvalue weighted by Crippen LogP contribution is -2.02. The largest absolute Gasteiger partial charge is 0.478 e. The highest BCUT2D eigenvalue weighted by Crippen LogP contribution is 2.32. The number of halogens is 3. The zero-order valence-corrected chi connectivity index (χ0v) is 16.7. The fraction of sp³-hybridized carbons (Fsp3) is 0.0556. The molecule has 0 aliphatic rings. The first kappa shape index (κ1) is 18.0. The minimum Gasteiger partial charge on any atom is -0.478 e. The molecule has 0 aliphatic heterocycles. The van der Waals surface area contributed by atoms with E-state index in [0.717, 1.165) is 26.0 Å². The molecule has 0 radical (unpaired) electrons. The maximum absolute atomic E-state index is 11.1. The summed E-state index contributed by atoms with van der Waals surface area (Å²) in [6.07, 6.45) is 0. The molecule has 3 aromatic rings. The number of carboxylic acid groups (broad SMARTS) is 1. The van der Waals surface area contributed by atoms with Crippen molar-refractivity contribution in [1.82, 2.24) is 0 Å². The normalized spacial score (nSPS) is 10.7. The van der Waals surface area contributed by atoms with Crippen molar-refractivity contribution in [2.75, 3.05) is 5.32 Å². The number of carbonyl (C=O) groups is 1. The summed E-state index contributed by atoms with van der Waals surface area (Å²) in [5, 5.41) is 12.5. The van der Waals surface area contributed by atoms with Crippen LogP contribution in [0.15, 0.2) is 61.9 Å². The number of carboxylic acids is 1. The van der Waals surface area contributed by atoms with E-state index in [1.165, 1.54) is 6.07 Å². The van der Waals surface area contributed by atoms with Crippen LogP contribution in [0.2, 0.25) is 5.02 Å². The van der Waals surface area contributed by atoms with Crippen LogP contribution < -0.4 is 5.32 Å². The van der Waals surface area contributed by atoms with E-state index in [9.17, 15) is 4.79 Å². The molecule has 1 aromatic heterocycles. The molecule has 0 saturated carbocycles. The van der Waals surface area contributed by atoms with Crippen LogP contribution in [-0.2, 0) is 6.54 Å². The van der Waals surface area contributed by atoms with Crippen LogP contribution in [0.4, 0.5) is 5.69 Å². The van der Waals surface area contributed by atoms with Gasteiger partial charge in [0.25, 0.3) is 0 Å². The predicted molar refractivity (Wildman–Crippen MR) is 105 cm³/mol. The van der Waals surface area contributed by atoms with Crippen LogP contribution in [0.5, 0.6) is 0 Å². The average Bonchev–Trinajstić information content (AvgIpc) is 3.02. The number of hydrogen-bond acceptors (Lipinski definition) is 3. The summed E-state index contributed by atoms with van der Waals surface area (Å²) in [6, 6.07) is 14.4. The van der Waals surface area contributed by atoms with Gasteiger partial charge in [0.1, 0.15) is 11.5 Å². The van der Waals surface area contributed by atoms with Gasteiger partial charge >= 0.3 is 5.97 Å². The van der Waals surface area contributed by atoms with Gasteiger partial charge in [-0.25, -0.2) is 4.79 Å². The lowest BCUT2D eigenvalue weighted by molar-refractivity contribution is 0.0697. The molecule has 4 nitrogen and oxygen atoms in total. The molecule has 1 heterocycles. The molecular weight excluding hydrogens is 473 g/mol. The molecule has 0 bridgehead atoms. The topological polar surface area (TPSA) is 62.5 Å². The molecule has 0 spiro atoms. The van der Waals surface area contributed by atoms with Crippen LogP contribution in [0.1, 0.15) is 16.1 Å². The van der Waals surface area contributed by atoms with E-state index in [1.54, 1.807) is 12.1 Å². The standard InChI is InChI=1S/C18H12Br2ClNO3/c19-10-1-4-13(15(20)7-10)17-6-3-12(25-17)9-22-11-2-5-16(21)14(8-11)18(23)24/h1-8,22H,9H2,(H,23,24). The molecule has 2 N–H and O–H groups in total. The van der Waals surface area contributed by atoms with E-state index in [2.05, 4.69) is 37.2 Å². The van der Waals surface area contributed by atoms with Crippen LogP contribution >= 0.6 is 43.5 Å². The lowest BCUT2D eigenvalue weighted by Gasteiger charge is -2.07. The van der Waals surface area contributed by atoms with Crippen LogP contribution in [0.3, 0.4) is 0 Å². The first-order chi connectivity index (χ1) is 11.9. The van der Waals surface area contributed by atoms with Crippen LogP contribution in [0, 0.1) is 0 Å². The Hall–Kier alpha value is -1.76. The number of benzene rings is 2. The van der Waals surface area contributed by atoms with Gasteiger partial charge in [0, 0.05) is 20.2 Å². The molecule has 0 atom stereocenters. The van der Waals surface area contributed by atoms with Gasteiger partial charge < -0.3 is 14.8 Å². The molecule has 0 saturated heterocycles. The highest BCUT2D eigenvalue weighted by atomic mass is 79.9. The molecule has 7 heteroatoms. The van der Waals surface area contributed by atoms with Crippen molar-refractivity contribution >= 4 is 55.1 Å². The van der Waals surface area contributed by atoms with Crippen molar-refractivity contribution in [3.63, 3.8) is 0 Å². The highest BCUT2D eigenvalue weighted by Gasteiger charge is 2.11. The molecule has 25 heavy (non-hydrogen) atoms. The van der Waals surface area contributed by atoms with Crippen molar-refractivity contribution < 1.29 is 14.3 Å². The molecule has 2 aromatic carbocycles. The van der Waals surface area contributed by atoms with Crippen molar-refractivity contribution in [2.45, 2.75) is 6.54 Å². The van der Waals surface area contributed by atoms with Crippen molar-refractivity contribution in [1.29, 1.82) is 0 Å². The quantitative estimate of drug-likeness (QED) is 0.437. The van der Waals surface area contributed by atoms with E-state index in [4.69, 9.17) is 21.1 Å². The fourth-order valence-corrected chi connectivity index (χ4v) is 3.74. The van der Waals surface area contributed by atoms with Gasteiger partial charge in [-0.2, -0.15) is 0 Å². The molecule has 128 valence electrons. The Bertz CT molecular complexity index is 940. The second-order valence-electron chi connectivity index (χ2n) is 5.24. The smallest absolute Gasteiger partial charge is 0.337 e. The molecule has 0 amide bonds. The maximum Gasteiger partial charge on any atom is 0.337 e. The molecule has 0 fully saturated rings. The molecule has 0 aliphatic carbocycles. The minimum atomic E-state index is -1.06.